The van der Waals surface area contributed by atoms with Gasteiger partial charge in [0.15, 0.2) is 0 Å². The molecule has 21 heavy (non-hydrogen) atoms. The van der Waals surface area contributed by atoms with Gasteiger partial charge in [-0.25, -0.2) is 0 Å². The molecule has 0 saturated heterocycles. The summed E-state index contributed by atoms with van der Waals surface area (Å²) in [7, 11) is 0. The Morgan fingerprint density at radius 1 is 1.24 bits per heavy atom. The van der Waals surface area contributed by atoms with Gasteiger partial charge in [-0.3, -0.25) is 10.1 Å². The van der Waals surface area contributed by atoms with Crippen LogP contribution in [0, 0.1) is 16.0 Å². The highest BCUT2D eigenvalue weighted by Gasteiger charge is 2.30. The second-order valence-corrected chi connectivity index (χ2v) is 5.67. The minimum absolute atomic E-state index is 0.185. The molecule has 1 N–H and O–H groups in total. The molecule has 2 aromatic carbocycles. The lowest BCUT2D eigenvalue weighted by Gasteiger charge is -2.18. The fourth-order valence-corrected chi connectivity index (χ4v) is 3.09. The number of nitro benzene ring substituents is 1. The third kappa shape index (κ3) is 2.81. The summed E-state index contributed by atoms with van der Waals surface area (Å²) in [6, 6.07) is 15.8. The van der Waals surface area contributed by atoms with Gasteiger partial charge >= 0.3 is 0 Å². The van der Waals surface area contributed by atoms with Crippen LogP contribution in [0.4, 0.5) is 5.69 Å². The van der Waals surface area contributed by atoms with Crippen LogP contribution in [0.3, 0.4) is 0 Å². The zero-order chi connectivity index (χ0) is 14.8. The van der Waals surface area contributed by atoms with Gasteiger partial charge in [-0.2, -0.15) is 0 Å². The van der Waals surface area contributed by atoms with Crippen molar-refractivity contribution in [2.24, 2.45) is 5.92 Å². The minimum Gasteiger partial charge on any atom is -0.306 e. The smallest absolute Gasteiger partial charge is 0.269 e. The molecule has 2 atom stereocenters. The zero-order valence-electron chi connectivity index (χ0n) is 12.0. The SMILES string of the molecule is CC1Cc2cc([N+](=O)[O-])ccc2C1NCc1ccccc1. The van der Waals surface area contributed by atoms with E-state index in [-0.39, 0.29) is 16.7 Å². The lowest BCUT2D eigenvalue weighted by molar-refractivity contribution is -0.384. The van der Waals surface area contributed by atoms with Gasteiger partial charge in [0, 0.05) is 24.7 Å². The van der Waals surface area contributed by atoms with Crippen molar-refractivity contribution in [3.8, 4) is 0 Å². The molecule has 0 bridgehead atoms. The number of nitrogens with zero attached hydrogens (tertiary/aromatic N) is 1. The van der Waals surface area contributed by atoms with Crippen molar-refractivity contribution in [2.45, 2.75) is 25.9 Å². The summed E-state index contributed by atoms with van der Waals surface area (Å²) in [5.74, 6) is 0.450. The van der Waals surface area contributed by atoms with Crippen molar-refractivity contribution in [3.05, 3.63) is 75.3 Å². The van der Waals surface area contributed by atoms with Gasteiger partial charge in [0.2, 0.25) is 0 Å². The summed E-state index contributed by atoms with van der Waals surface area (Å²) in [5, 5.41) is 14.4. The van der Waals surface area contributed by atoms with Crippen LogP contribution in [0.5, 0.6) is 0 Å². The Labute approximate surface area is 124 Å². The first-order valence-corrected chi connectivity index (χ1v) is 7.19. The highest BCUT2D eigenvalue weighted by atomic mass is 16.6. The number of nitrogens with one attached hydrogen (secondary N) is 1. The quantitative estimate of drug-likeness (QED) is 0.688. The molecule has 0 spiro atoms. The van der Waals surface area contributed by atoms with E-state index in [4.69, 9.17) is 0 Å². The first-order valence-electron chi connectivity index (χ1n) is 7.19. The van der Waals surface area contributed by atoms with Crippen LogP contribution < -0.4 is 5.32 Å². The Morgan fingerprint density at radius 3 is 2.71 bits per heavy atom. The minimum atomic E-state index is -0.324. The van der Waals surface area contributed by atoms with Crippen molar-refractivity contribution in [1.29, 1.82) is 0 Å². The largest absolute Gasteiger partial charge is 0.306 e. The van der Waals surface area contributed by atoms with Crippen molar-refractivity contribution in [2.75, 3.05) is 0 Å². The maximum atomic E-state index is 10.9. The normalized spacial score (nSPS) is 20.2. The highest BCUT2D eigenvalue weighted by Crippen LogP contribution is 2.37. The predicted molar refractivity (Wildman–Crippen MR) is 82.0 cm³/mol. The van der Waals surface area contributed by atoms with E-state index in [0.717, 1.165) is 18.5 Å². The Morgan fingerprint density at radius 2 is 2.00 bits per heavy atom. The van der Waals surface area contributed by atoms with Gasteiger partial charge in [0.1, 0.15) is 0 Å². The van der Waals surface area contributed by atoms with Crippen molar-refractivity contribution < 1.29 is 4.92 Å². The van der Waals surface area contributed by atoms with Crippen molar-refractivity contribution in [1.82, 2.24) is 5.32 Å². The lowest BCUT2D eigenvalue weighted by atomic mass is 10.0. The molecule has 0 heterocycles. The molecule has 1 aliphatic carbocycles. The number of rotatable bonds is 4. The van der Waals surface area contributed by atoms with Crippen molar-refractivity contribution in [3.63, 3.8) is 0 Å². The van der Waals surface area contributed by atoms with Crippen LogP contribution in [-0.4, -0.2) is 4.92 Å². The van der Waals surface area contributed by atoms with Crippen LogP contribution in [0.25, 0.3) is 0 Å². The monoisotopic (exact) mass is 282 g/mol. The molecule has 0 aliphatic heterocycles. The topological polar surface area (TPSA) is 55.2 Å². The molecular formula is C17H18N2O2. The van der Waals surface area contributed by atoms with E-state index in [1.165, 1.54) is 11.1 Å². The van der Waals surface area contributed by atoms with Gasteiger partial charge in [-0.15, -0.1) is 0 Å². The standard InChI is InChI=1S/C17H18N2O2/c1-12-9-14-10-15(19(20)21)7-8-16(14)17(12)18-11-13-5-3-2-4-6-13/h2-8,10,12,17-18H,9,11H2,1H3. The van der Waals surface area contributed by atoms with Crippen LogP contribution in [-0.2, 0) is 13.0 Å². The Balaban J connectivity index is 1.77. The molecule has 0 saturated carbocycles. The Kier molecular flexibility index (Phi) is 3.71. The first-order chi connectivity index (χ1) is 10.1. The van der Waals surface area contributed by atoms with Crippen molar-refractivity contribution >= 4 is 5.69 Å². The fourth-order valence-electron chi connectivity index (χ4n) is 3.09. The summed E-state index contributed by atoms with van der Waals surface area (Å²) in [4.78, 5) is 10.5. The molecule has 108 valence electrons. The van der Waals surface area contributed by atoms with Crippen LogP contribution >= 0.6 is 0 Å². The molecule has 1 aliphatic rings. The molecule has 2 aromatic rings. The van der Waals surface area contributed by atoms with Gasteiger partial charge in [0.25, 0.3) is 5.69 Å². The third-order valence-electron chi connectivity index (χ3n) is 4.15. The van der Waals surface area contributed by atoms with E-state index in [9.17, 15) is 10.1 Å². The van der Waals surface area contributed by atoms with Crippen LogP contribution in [0.15, 0.2) is 48.5 Å². The average molecular weight is 282 g/mol. The molecular weight excluding hydrogens is 264 g/mol. The molecule has 3 rings (SSSR count). The van der Waals surface area contributed by atoms with E-state index >= 15 is 0 Å². The number of nitro groups is 1. The van der Waals surface area contributed by atoms with E-state index in [0.29, 0.717) is 5.92 Å². The number of hydrogen-bond donors (Lipinski definition) is 1. The average Bonchev–Trinajstić information content (AvgIpc) is 2.80. The number of fused-ring (bicyclic) bond motifs is 1. The Bertz CT molecular complexity index is 655. The predicted octanol–water partition coefficient (Wildman–Crippen LogP) is 3.62. The van der Waals surface area contributed by atoms with E-state index in [1.54, 1.807) is 12.1 Å². The van der Waals surface area contributed by atoms with Crippen LogP contribution in [0.1, 0.15) is 29.7 Å². The molecule has 0 radical (unpaired) electrons. The molecule has 4 heteroatoms. The van der Waals surface area contributed by atoms with Gasteiger partial charge in [0.05, 0.1) is 4.92 Å². The van der Waals surface area contributed by atoms with E-state index < -0.39 is 0 Å². The molecule has 0 fully saturated rings. The van der Waals surface area contributed by atoms with Gasteiger partial charge in [-0.05, 0) is 29.0 Å². The second kappa shape index (κ2) is 5.66. The second-order valence-electron chi connectivity index (χ2n) is 5.67. The molecule has 0 aromatic heterocycles. The first kappa shape index (κ1) is 13.8. The molecule has 4 nitrogen and oxygen atoms in total. The summed E-state index contributed by atoms with van der Waals surface area (Å²) in [5.41, 5.74) is 3.73. The number of benzene rings is 2. The molecule has 2 unspecified atom stereocenters. The summed E-state index contributed by atoms with van der Waals surface area (Å²) in [6.45, 7) is 3.00. The summed E-state index contributed by atoms with van der Waals surface area (Å²) >= 11 is 0. The highest BCUT2D eigenvalue weighted by molar-refractivity contribution is 5.44. The summed E-state index contributed by atoms with van der Waals surface area (Å²) in [6.07, 6.45) is 0.892. The maximum absolute atomic E-state index is 10.9. The van der Waals surface area contributed by atoms with Gasteiger partial charge in [-0.1, -0.05) is 43.3 Å². The van der Waals surface area contributed by atoms with Crippen LogP contribution in [0.2, 0.25) is 0 Å². The summed E-state index contributed by atoms with van der Waals surface area (Å²) < 4.78 is 0. The van der Waals surface area contributed by atoms with Gasteiger partial charge < -0.3 is 5.32 Å². The zero-order valence-corrected chi connectivity index (χ0v) is 12.0. The van der Waals surface area contributed by atoms with E-state index in [1.807, 2.05) is 24.3 Å². The Hall–Kier alpha value is -2.20. The third-order valence-corrected chi connectivity index (χ3v) is 4.15. The number of non-ortho nitro benzene ring substituents is 1. The molecule has 0 amide bonds. The fraction of sp³-hybridized carbons (Fsp3) is 0.294. The number of hydrogen-bond acceptors (Lipinski definition) is 3. The van der Waals surface area contributed by atoms with E-state index in [2.05, 4.69) is 24.4 Å². The maximum Gasteiger partial charge on any atom is 0.269 e. The lowest BCUT2D eigenvalue weighted by Crippen LogP contribution is -2.23.